The number of nitrogens with zero attached hydrogens (tertiary/aromatic N) is 1. The molecule has 0 spiro atoms. The van der Waals surface area contributed by atoms with Crippen LogP contribution in [-0.4, -0.2) is 36.2 Å². The summed E-state index contributed by atoms with van der Waals surface area (Å²) < 4.78 is 5.46. The van der Waals surface area contributed by atoms with Crippen LogP contribution in [0.25, 0.3) is 5.70 Å². The molecular weight excluding hydrogens is 224 g/mol. The Bertz CT molecular complexity index is 467. The van der Waals surface area contributed by atoms with E-state index in [0.29, 0.717) is 0 Å². The summed E-state index contributed by atoms with van der Waals surface area (Å²) >= 11 is 0. The predicted octanol–water partition coefficient (Wildman–Crippen LogP) is 2.50. The molecule has 1 aliphatic carbocycles. The first-order valence-electron chi connectivity index (χ1n) is 7.04. The number of aromatic nitrogens is 1. The molecule has 0 saturated carbocycles. The molecule has 1 aromatic heterocycles. The summed E-state index contributed by atoms with van der Waals surface area (Å²) in [6, 6.07) is 0. The highest BCUT2D eigenvalue weighted by molar-refractivity contribution is 5.72. The van der Waals surface area contributed by atoms with E-state index in [1.165, 1.54) is 28.2 Å². The zero-order valence-electron chi connectivity index (χ0n) is 11.4. The number of ether oxygens (including phenoxy) is 1. The fourth-order valence-corrected chi connectivity index (χ4v) is 3.22. The third-order valence-corrected chi connectivity index (χ3v) is 4.09. The molecule has 1 aromatic rings. The number of allylic oxidation sites excluding steroid dienone is 1. The Morgan fingerprint density at radius 1 is 1.33 bits per heavy atom. The van der Waals surface area contributed by atoms with Crippen molar-refractivity contribution in [2.24, 2.45) is 0 Å². The lowest BCUT2D eigenvalue weighted by Crippen LogP contribution is -2.35. The molecule has 1 saturated heterocycles. The van der Waals surface area contributed by atoms with E-state index in [1.807, 2.05) is 0 Å². The third kappa shape index (κ3) is 1.87. The van der Waals surface area contributed by atoms with E-state index in [4.69, 9.17) is 4.74 Å². The van der Waals surface area contributed by atoms with Crippen molar-refractivity contribution in [3.8, 4) is 0 Å². The molecule has 2 heterocycles. The summed E-state index contributed by atoms with van der Waals surface area (Å²) in [4.78, 5) is 6.08. The number of hydrogen-bond donors (Lipinski definition) is 1. The minimum Gasteiger partial charge on any atom is -0.378 e. The number of aryl methyl sites for hydroxylation is 2. The molecule has 0 radical (unpaired) electrons. The van der Waals surface area contributed by atoms with Crippen molar-refractivity contribution in [2.75, 3.05) is 26.3 Å². The van der Waals surface area contributed by atoms with Crippen LogP contribution in [0.1, 0.15) is 35.9 Å². The highest BCUT2D eigenvalue weighted by atomic mass is 16.5. The van der Waals surface area contributed by atoms with Gasteiger partial charge in [-0.05, 0) is 31.7 Å². The van der Waals surface area contributed by atoms with Crippen LogP contribution >= 0.6 is 0 Å². The third-order valence-electron chi connectivity index (χ3n) is 4.09. The van der Waals surface area contributed by atoms with Crippen LogP contribution in [0.3, 0.4) is 0 Å². The van der Waals surface area contributed by atoms with Gasteiger partial charge in [0.05, 0.1) is 13.2 Å². The Hall–Kier alpha value is -1.22. The van der Waals surface area contributed by atoms with E-state index in [-0.39, 0.29) is 0 Å². The molecule has 0 bridgehead atoms. The van der Waals surface area contributed by atoms with Crippen LogP contribution in [0, 0.1) is 6.92 Å². The van der Waals surface area contributed by atoms with Crippen molar-refractivity contribution in [2.45, 2.75) is 33.1 Å². The van der Waals surface area contributed by atoms with E-state index in [9.17, 15) is 0 Å². The summed E-state index contributed by atoms with van der Waals surface area (Å²) in [5, 5.41) is 0. The van der Waals surface area contributed by atoms with Gasteiger partial charge in [0.15, 0.2) is 0 Å². The van der Waals surface area contributed by atoms with Gasteiger partial charge in [0.1, 0.15) is 0 Å². The van der Waals surface area contributed by atoms with Crippen molar-refractivity contribution >= 4 is 5.70 Å². The number of H-pyrrole nitrogens is 1. The lowest BCUT2D eigenvalue weighted by atomic mass is 9.95. The Balaban J connectivity index is 1.99. The molecule has 1 fully saturated rings. The van der Waals surface area contributed by atoms with Gasteiger partial charge < -0.3 is 14.6 Å². The van der Waals surface area contributed by atoms with Gasteiger partial charge in [-0.1, -0.05) is 13.0 Å². The number of fused-ring (bicyclic) bond motifs is 1. The first kappa shape index (κ1) is 11.8. The minimum atomic E-state index is 0.859. The van der Waals surface area contributed by atoms with Crippen LogP contribution in [0.15, 0.2) is 6.08 Å². The molecule has 3 nitrogen and oxygen atoms in total. The van der Waals surface area contributed by atoms with Gasteiger partial charge in [-0.25, -0.2) is 0 Å². The second kappa shape index (κ2) is 4.81. The molecule has 0 atom stereocenters. The fraction of sp³-hybridized carbons (Fsp3) is 0.600. The number of nitrogens with one attached hydrogen (secondary N) is 1. The summed E-state index contributed by atoms with van der Waals surface area (Å²) in [7, 11) is 0. The largest absolute Gasteiger partial charge is 0.378 e. The van der Waals surface area contributed by atoms with Crippen molar-refractivity contribution in [3.05, 3.63) is 28.6 Å². The molecule has 3 rings (SSSR count). The molecular formula is C15H22N2O. The van der Waals surface area contributed by atoms with Gasteiger partial charge >= 0.3 is 0 Å². The zero-order valence-corrected chi connectivity index (χ0v) is 11.4. The average Bonchev–Trinajstić information content (AvgIpc) is 2.74. The molecule has 3 heteroatoms. The van der Waals surface area contributed by atoms with Crippen molar-refractivity contribution in [1.29, 1.82) is 0 Å². The quantitative estimate of drug-likeness (QED) is 0.868. The van der Waals surface area contributed by atoms with Crippen molar-refractivity contribution in [1.82, 2.24) is 9.88 Å². The normalized spacial score (nSPS) is 19.7. The van der Waals surface area contributed by atoms with E-state index in [2.05, 4.69) is 29.8 Å². The maximum atomic E-state index is 5.46. The maximum absolute atomic E-state index is 5.46. The van der Waals surface area contributed by atoms with Crippen LogP contribution in [-0.2, 0) is 17.6 Å². The van der Waals surface area contributed by atoms with Gasteiger partial charge in [0, 0.05) is 35.7 Å². The summed E-state index contributed by atoms with van der Waals surface area (Å²) in [5.74, 6) is 0. The summed E-state index contributed by atoms with van der Waals surface area (Å²) in [6.45, 7) is 8.22. The standard InChI is InChI=1S/C15H22N2O/c1-3-12-11(2)16-13-5-4-6-14(15(12)13)17-7-9-18-10-8-17/h6,16H,3-5,7-10H2,1-2H3. The summed E-state index contributed by atoms with van der Waals surface area (Å²) in [6.07, 6.45) is 5.84. The molecule has 1 N–H and O–H groups in total. The first-order chi connectivity index (χ1) is 8.81. The maximum Gasteiger partial charge on any atom is 0.0642 e. The Kier molecular flexibility index (Phi) is 3.16. The van der Waals surface area contributed by atoms with Crippen LogP contribution in [0.5, 0.6) is 0 Å². The number of rotatable bonds is 2. The zero-order chi connectivity index (χ0) is 12.5. The Labute approximate surface area is 109 Å². The second-order valence-electron chi connectivity index (χ2n) is 5.16. The van der Waals surface area contributed by atoms with Crippen molar-refractivity contribution < 1.29 is 4.74 Å². The van der Waals surface area contributed by atoms with Gasteiger partial charge in [-0.15, -0.1) is 0 Å². The number of hydrogen-bond acceptors (Lipinski definition) is 2. The van der Waals surface area contributed by atoms with Gasteiger partial charge in [-0.2, -0.15) is 0 Å². The van der Waals surface area contributed by atoms with E-state index in [0.717, 1.165) is 45.6 Å². The lowest BCUT2D eigenvalue weighted by molar-refractivity contribution is 0.0637. The molecule has 98 valence electrons. The minimum absolute atomic E-state index is 0.859. The van der Waals surface area contributed by atoms with Crippen LogP contribution < -0.4 is 0 Å². The molecule has 0 amide bonds. The van der Waals surface area contributed by atoms with E-state index >= 15 is 0 Å². The Morgan fingerprint density at radius 2 is 2.11 bits per heavy atom. The van der Waals surface area contributed by atoms with E-state index < -0.39 is 0 Å². The summed E-state index contributed by atoms with van der Waals surface area (Å²) in [5.41, 5.74) is 7.23. The fourth-order valence-electron chi connectivity index (χ4n) is 3.22. The monoisotopic (exact) mass is 246 g/mol. The van der Waals surface area contributed by atoms with Crippen LogP contribution in [0.4, 0.5) is 0 Å². The number of morpholine rings is 1. The molecule has 0 aromatic carbocycles. The van der Waals surface area contributed by atoms with Crippen molar-refractivity contribution in [3.63, 3.8) is 0 Å². The van der Waals surface area contributed by atoms with Gasteiger partial charge in [0.25, 0.3) is 0 Å². The first-order valence-corrected chi connectivity index (χ1v) is 7.04. The van der Waals surface area contributed by atoms with Crippen LogP contribution in [0.2, 0.25) is 0 Å². The highest BCUT2D eigenvalue weighted by Gasteiger charge is 2.24. The Morgan fingerprint density at radius 3 is 2.83 bits per heavy atom. The SMILES string of the molecule is CCc1c(C)[nH]c2c1C(N1CCOCC1)=CCC2. The highest BCUT2D eigenvalue weighted by Crippen LogP contribution is 2.34. The topological polar surface area (TPSA) is 28.3 Å². The van der Waals surface area contributed by atoms with Gasteiger partial charge in [0.2, 0.25) is 0 Å². The van der Waals surface area contributed by atoms with E-state index in [1.54, 1.807) is 0 Å². The molecule has 18 heavy (non-hydrogen) atoms. The molecule has 2 aliphatic rings. The number of aromatic amines is 1. The molecule has 1 aliphatic heterocycles. The second-order valence-corrected chi connectivity index (χ2v) is 5.16. The predicted molar refractivity (Wildman–Crippen MR) is 73.6 cm³/mol. The lowest BCUT2D eigenvalue weighted by Gasteiger charge is -2.33. The van der Waals surface area contributed by atoms with Gasteiger partial charge in [-0.3, -0.25) is 0 Å². The molecule has 0 unspecified atom stereocenters. The average molecular weight is 246 g/mol. The smallest absolute Gasteiger partial charge is 0.0642 e.